The van der Waals surface area contributed by atoms with E-state index < -0.39 is 5.60 Å². The molecule has 0 aliphatic carbocycles. The summed E-state index contributed by atoms with van der Waals surface area (Å²) in [6, 6.07) is 8.41. The van der Waals surface area contributed by atoms with Crippen molar-refractivity contribution in [3.63, 3.8) is 0 Å². The molecular formula is C16H23BrN2O2. The Kier molecular flexibility index (Phi) is 5.14. The second-order valence-corrected chi connectivity index (χ2v) is 7.32. The van der Waals surface area contributed by atoms with Crippen LogP contribution >= 0.6 is 15.9 Å². The topological polar surface area (TPSA) is 41.6 Å². The van der Waals surface area contributed by atoms with Crippen molar-refractivity contribution in [2.45, 2.75) is 45.3 Å². The lowest BCUT2D eigenvalue weighted by Crippen LogP contribution is -2.49. The molecule has 4 nitrogen and oxygen atoms in total. The lowest BCUT2D eigenvalue weighted by Gasteiger charge is -2.35. The Labute approximate surface area is 135 Å². The van der Waals surface area contributed by atoms with Crippen LogP contribution in [0.2, 0.25) is 0 Å². The minimum absolute atomic E-state index is 0.136. The Morgan fingerprint density at radius 1 is 1.33 bits per heavy atom. The van der Waals surface area contributed by atoms with Gasteiger partial charge in [0.15, 0.2) is 0 Å². The average molecular weight is 355 g/mol. The van der Waals surface area contributed by atoms with Gasteiger partial charge >= 0.3 is 6.09 Å². The van der Waals surface area contributed by atoms with Gasteiger partial charge in [-0.2, -0.15) is 0 Å². The van der Waals surface area contributed by atoms with Gasteiger partial charge in [-0.05, 0) is 57.9 Å². The summed E-state index contributed by atoms with van der Waals surface area (Å²) >= 11 is 3.45. The highest BCUT2D eigenvalue weighted by Crippen LogP contribution is 2.22. The molecule has 116 valence electrons. The molecular weight excluding hydrogens is 332 g/mol. The molecule has 0 spiro atoms. The summed E-state index contributed by atoms with van der Waals surface area (Å²) in [5, 5.41) is 2.97. The molecule has 1 aliphatic rings. The zero-order chi connectivity index (χ0) is 15.5. The molecule has 0 saturated carbocycles. The second kappa shape index (κ2) is 6.69. The molecule has 1 aromatic carbocycles. The van der Waals surface area contributed by atoms with Crippen molar-refractivity contribution < 1.29 is 9.53 Å². The number of nitrogens with zero attached hydrogens (tertiary/aromatic N) is 1. The Balaban J connectivity index is 1.91. The Morgan fingerprint density at radius 3 is 2.62 bits per heavy atom. The molecule has 1 unspecified atom stereocenters. The Hall–Kier alpha value is -1.23. The van der Waals surface area contributed by atoms with E-state index in [2.05, 4.69) is 38.3 Å². The van der Waals surface area contributed by atoms with E-state index in [1.54, 1.807) is 0 Å². The number of alkyl carbamates (subject to hydrolysis) is 1. The molecule has 1 fully saturated rings. The van der Waals surface area contributed by atoms with Crippen LogP contribution in [-0.4, -0.2) is 30.8 Å². The summed E-state index contributed by atoms with van der Waals surface area (Å²) in [7, 11) is 0. The Bertz CT molecular complexity index is 482. The van der Waals surface area contributed by atoms with Gasteiger partial charge in [0.2, 0.25) is 0 Å². The predicted octanol–water partition coefficient (Wildman–Crippen LogP) is 3.94. The number of piperidine rings is 1. The number of nitrogens with one attached hydrogen (secondary N) is 1. The average Bonchev–Trinajstić information content (AvgIpc) is 2.37. The number of benzene rings is 1. The van der Waals surface area contributed by atoms with E-state index in [4.69, 9.17) is 4.74 Å². The fraction of sp³-hybridized carbons (Fsp3) is 0.562. The molecule has 1 aliphatic heterocycles. The Morgan fingerprint density at radius 2 is 2.00 bits per heavy atom. The smallest absolute Gasteiger partial charge is 0.407 e. The van der Waals surface area contributed by atoms with Crippen LogP contribution in [0.15, 0.2) is 28.7 Å². The summed E-state index contributed by atoms with van der Waals surface area (Å²) < 4.78 is 6.40. The number of halogens is 1. The summed E-state index contributed by atoms with van der Waals surface area (Å²) in [4.78, 5) is 14.2. The van der Waals surface area contributed by atoms with Gasteiger partial charge in [-0.25, -0.2) is 4.79 Å². The molecule has 1 aromatic rings. The summed E-state index contributed by atoms with van der Waals surface area (Å²) in [5.41, 5.74) is 0.735. The van der Waals surface area contributed by atoms with Crippen LogP contribution in [0.1, 0.15) is 33.6 Å². The summed E-state index contributed by atoms with van der Waals surface area (Å²) in [6.07, 6.45) is 1.73. The third-order valence-electron chi connectivity index (χ3n) is 3.33. The molecule has 21 heavy (non-hydrogen) atoms. The first-order valence-electron chi connectivity index (χ1n) is 7.33. The highest BCUT2D eigenvalue weighted by Gasteiger charge is 2.24. The highest BCUT2D eigenvalue weighted by atomic mass is 79.9. The van der Waals surface area contributed by atoms with E-state index >= 15 is 0 Å². The van der Waals surface area contributed by atoms with E-state index in [1.807, 2.05) is 32.9 Å². The molecule has 0 aromatic heterocycles. The van der Waals surface area contributed by atoms with Crippen LogP contribution < -0.4 is 10.2 Å². The van der Waals surface area contributed by atoms with Crippen LogP contribution in [0.4, 0.5) is 10.5 Å². The van der Waals surface area contributed by atoms with Gasteiger partial charge < -0.3 is 15.0 Å². The summed E-state index contributed by atoms with van der Waals surface area (Å²) in [5.74, 6) is 0. The van der Waals surface area contributed by atoms with Crippen molar-refractivity contribution in [1.29, 1.82) is 0 Å². The lowest BCUT2D eigenvalue weighted by molar-refractivity contribution is 0.0500. The maximum absolute atomic E-state index is 11.9. The largest absolute Gasteiger partial charge is 0.444 e. The normalized spacial score (nSPS) is 19.2. The van der Waals surface area contributed by atoms with E-state index in [9.17, 15) is 4.79 Å². The van der Waals surface area contributed by atoms with Crippen LogP contribution in [0.3, 0.4) is 0 Å². The van der Waals surface area contributed by atoms with E-state index in [1.165, 1.54) is 5.69 Å². The summed E-state index contributed by atoms with van der Waals surface area (Å²) in [6.45, 7) is 7.47. The number of rotatable bonds is 2. The fourth-order valence-electron chi connectivity index (χ4n) is 2.46. The third-order valence-corrected chi connectivity index (χ3v) is 3.86. The molecule has 1 atom stereocenters. The minimum Gasteiger partial charge on any atom is -0.444 e. The first-order chi connectivity index (χ1) is 9.83. The van der Waals surface area contributed by atoms with Crippen LogP contribution in [0, 0.1) is 0 Å². The van der Waals surface area contributed by atoms with Gasteiger partial charge in [-0.1, -0.05) is 15.9 Å². The molecule has 1 heterocycles. The number of carbonyl (C=O) groups excluding carboxylic acids is 1. The standard InChI is InChI=1S/C16H23BrN2O2/c1-16(2,3)21-15(20)18-13-5-4-10-19(11-13)14-8-6-12(17)7-9-14/h6-9,13H,4-5,10-11H2,1-3H3,(H,18,20). The molecule has 0 bridgehead atoms. The predicted molar refractivity (Wildman–Crippen MR) is 88.7 cm³/mol. The quantitative estimate of drug-likeness (QED) is 0.874. The van der Waals surface area contributed by atoms with E-state index in [0.29, 0.717) is 0 Å². The second-order valence-electron chi connectivity index (χ2n) is 6.41. The van der Waals surface area contributed by atoms with E-state index in [0.717, 1.165) is 30.4 Å². The van der Waals surface area contributed by atoms with Gasteiger partial charge in [-0.3, -0.25) is 0 Å². The SMILES string of the molecule is CC(C)(C)OC(=O)NC1CCCN(c2ccc(Br)cc2)C1. The number of ether oxygens (including phenoxy) is 1. The van der Waals surface area contributed by atoms with Crippen LogP contribution in [0.25, 0.3) is 0 Å². The zero-order valence-corrected chi connectivity index (χ0v) is 14.4. The highest BCUT2D eigenvalue weighted by molar-refractivity contribution is 9.10. The van der Waals surface area contributed by atoms with Crippen molar-refractivity contribution in [1.82, 2.24) is 5.32 Å². The van der Waals surface area contributed by atoms with Gasteiger partial charge in [0.05, 0.1) is 0 Å². The van der Waals surface area contributed by atoms with E-state index in [-0.39, 0.29) is 12.1 Å². The first-order valence-corrected chi connectivity index (χ1v) is 8.13. The molecule has 1 amide bonds. The molecule has 5 heteroatoms. The number of hydrogen-bond acceptors (Lipinski definition) is 3. The van der Waals surface area contributed by atoms with Crippen molar-refractivity contribution in [2.24, 2.45) is 0 Å². The first kappa shape index (κ1) is 16.1. The van der Waals surface area contributed by atoms with Crippen molar-refractivity contribution >= 4 is 27.7 Å². The van der Waals surface area contributed by atoms with Crippen LogP contribution in [0.5, 0.6) is 0 Å². The zero-order valence-electron chi connectivity index (χ0n) is 12.9. The molecule has 1 N–H and O–H groups in total. The monoisotopic (exact) mass is 354 g/mol. The molecule has 2 rings (SSSR count). The van der Waals surface area contributed by atoms with Gasteiger partial charge in [0, 0.05) is 29.3 Å². The molecule has 1 saturated heterocycles. The van der Waals surface area contributed by atoms with Gasteiger partial charge in [-0.15, -0.1) is 0 Å². The number of hydrogen-bond donors (Lipinski definition) is 1. The van der Waals surface area contributed by atoms with Gasteiger partial charge in [0.25, 0.3) is 0 Å². The maximum atomic E-state index is 11.9. The van der Waals surface area contributed by atoms with Gasteiger partial charge in [0.1, 0.15) is 5.60 Å². The molecule has 0 radical (unpaired) electrons. The van der Waals surface area contributed by atoms with Crippen LogP contribution in [-0.2, 0) is 4.74 Å². The van der Waals surface area contributed by atoms with Crippen molar-refractivity contribution in [2.75, 3.05) is 18.0 Å². The van der Waals surface area contributed by atoms with Crippen molar-refractivity contribution in [3.8, 4) is 0 Å². The maximum Gasteiger partial charge on any atom is 0.407 e. The third kappa shape index (κ3) is 5.23. The number of amides is 1. The number of anilines is 1. The lowest BCUT2D eigenvalue weighted by atomic mass is 10.1. The number of carbonyl (C=O) groups is 1. The van der Waals surface area contributed by atoms with Crippen molar-refractivity contribution in [3.05, 3.63) is 28.7 Å². The fourth-order valence-corrected chi connectivity index (χ4v) is 2.72. The minimum atomic E-state index is -0.454.